The molecule has 162 valence electrons. The fourth-order valence-corrected chi connectivity index (χ4v) is 9.23. The molecule has 0 saturated carbocycles. The molecule has 0 spiro atoms. The highest BCUT2D eigenvalue weighted by Gasteiger charge is 2.53. The van der Waals surface area contributed by atoms with Gasteiger partial charge in [0.15, 0.2) is 0 Å². The molecule has 0 bridgehead atoms. The van der Waals surface area contributed by atoms with E-state index in [1.54, 1.807) is 17.8 Å². The summed E-state index contributed by atoms with van der Waals surface area (Å²) in [6, 6.07) is 23.8. The molecule has 0 aliphatic carbocycles. The maximum Gasteiger partial charge on any atom is 0.314 e. The van der Waals surface area contributed by atoms with Crippen LogP contribution in [0.25, 0.3) is 10.9 Å². The van der Waals surface area contributed by atoms with Crippen LogP contribution in [-0.2, 0) is 16.7 Å². The molecule has 1 aromatic heterocycles. The van der Waals surface area contributed by atoms with Crippen molar-refractivity contribution >= 4 is 48.7 Å². The lowest BCUT2D eigenvalue weighted by Crippen LogP contribution is -2.42. The van der Waals surface area contributed by atoms with Gasteiger partial charge in [0.2, 0.25) is 0 Å². The van der Waals surface area contributed by atoms with Crippen molar-refractivity contribution in [3.8, 4) is 5.75 Å². The van der Waals surface area contributed by atoms with Gasteiger partial charge in [-0.25, -0.2) is 0 Å². The molecule has 3 heterocycles. The molecule has 2 aliphatic heterocycles. The highest BCUT2D eigenvalue weighted by atomic mass is 79.9. The van der Waals surface area contributed by atoms with E-state index in [1.165, 1.54) is 0 Å². The van der Waals surface area contributed by atoms with Crippen LogP contribution in [0.2, 0.25) is 0 Å². The third-order valence-electron chi connectivity index (χ3n) is 6.43. The number of aromatic nitrogens is 1. The Morgan fingerprint density at radius 3 is 2.56 bits per heavy atom. The molecule has 2 aliphatic rings. The molecule has 3 aromatic carbocycles. The molecule has 0 unspecified atom stereocenters. The van der Waals surface area contributed by atoms with E-state index in [9.17, 15) is 8.42 Å². The summed E-state index contributed by atoms with van der Waals surface area (Å²) in [5.74, 6) is 0.104. The lowest BCUT2D eigenvalue weighted by molar-refractivity contribution is 0.433. The van der Waals surface area contributed by atoms with Crippen LogP contribution in [0, 0.1) is 0 Å². The largest absolute Gasteiger partial charge is 0.382 e. The molecule has 7 heteroatoms. The van der Waals surface area contributed by atoms with Crippen LogP contribution in [-0.4, -0.2) is 18.2 Å². The zero-order chi connectivity index (χ0) is 22.0. The summed E-state index contributed by atoms with van der Waals surface area (Å²) >= 11 is 5.23. The van der Waals surface area contributed by atoms with E-state index in [-0.39, 0.29) is 11.2 Å². The molecule has 32 heavy (non-hydrogen) atoms. The van der Waals surface area contributed by atoms with Crippen LogP contribution in [0.3, 0.4) is 0 Å². The average molecular weight is 526 g/mol. The van der Waals surface area contributed by atoms with Gasteiger partial charge in [-0.2, -0.15) is 8.42 Å². The smallest absolute Gasteiger partial charge is 0.314 e. The number of para-hydroxylation sites is 1. The number of aryl methyl sites for hydroxylation is 1. The topological polar surface area (TPSA) is 48.3 Å². The van der Waals surface area contributed by atoms with Crippen LogP contribution in [0.15, 0.2) is 82.3 Å². The predicted molar refractivity (Wildman–Crippen MR) is 132 cm³/mol. The van der Waals surface area contributed by atoms with Crippen molar-refractivity contribution < 1.29 is 12.6 Å². The third-order valence-corrected chi connectivity index (χ3v) is 10.2. The lowest BCUT2D eigenvalue weighted by atomic mass is 9.84. The Kier molecular flexibility index (Phi) is 4.72. The van der Waals surface area contributed by atoms with Crippen molar-refractivity contribution in [2.24, 2.45) is 0 Å². The standard InChI is InChI=1S/C25H20BrNO3S2/c1-2-27-19-11-7-6-10-17(19)22-21-18-14-16(26)12-13-20(18)30-32(28,29)24(21)23(31-25(22)27)15-8-4-3-5-9-15/h3-14,21,23-24H,2H2,1H3/t21-,23+,24-/m0/s1. The fourth-order valence-electron chi connectivity index (χ4n) is 5.14. The Hall–Kier alpha value is -2.22. The molecule has 4 aromatic rings. The van der Waals surface area contributed by atoms with E-state index >= 15 is 0 Å². The van der Waals surface area contributed by atoms with Crippen LogP contribution < -0.4 is 4.18 Å². The minimum absolute atomic E-state index is 0.277. The molecule has 0 N–H and O–H groups in total. The summed E-state index contributed by atoms with van der Waals surface area (Å²) in [5.41, 5.74) is 4.15. The van der Waals surface area contributed by atoms with Crippen molar-refractivity contribution in [3.05, 3.63) is 94.0 Å². The van der Waals surface area contributed by atoms with Crippen molar-refractivity contribution in [1.82, 2.24) is 4.57 Å². The Bertz CT molecular complexity index is 1460. The summed E-state index contributed by atoms with van der Waals surface area (Å²) in [6.07, 6.45) is 0. The van der Waals surface area contributed by atoms with Crippen molar-refractivity contribution in [2.75, 3.05) is 0 Å². The quantitative estimate of drug-likeness (QED) is 0.280. The minimum atomic E-state index is -3.86. The van der Waals surface area contributed by atoms with Gasteiger partial charge < -0.3 is 8.75 Å². The Balaban J connectivity index is 1.73. The van der Waals surface area contributed by atoms with Crippen molar-refractivity contribution in [3.63, 3.8) is 0 Å². The molecular weight excluding hydrogens is 506 g/mol. The Labute approximate surface area is 199 Å². The van der Waals surface area contributed by atoms with Gasteiger partial charge >= 0.3 is 10.1 Å². The van der Waals surface area contributed by atoms with Gasteiger partial charge in [-0.3, -0.25) is 0 Å². The van der Waals surface area contributed by atoms with Crippen LogP contribution >= 0.6 is 27.7 Å². The third kappa shape index (κ3) is 2.91. The number of benzene rings is 3. The number of rotatable bonds is 2. The van der Waals surface area contributed by atoms with Gasteiger partial charge in [0, 0.05) is 39.0 Å². The molecule has 4 nitrogen and oxygen atoms in total. The highest BCUT2D eigenvalue weighted by Crippen LogP contribution is 2.60. The molecule has 0 radical (unpaired) electrons. The van der Waals surface area contributed by atoms with E-state index in [0.29, 0.717) is 5.75 Å². The molecule has 6 rings (SSSR count). The maximum absolute atomic E-state index is 13.6. The zero-order valence-electron chi connectivity index (χ0n) is 17.2. The van der Waals surface area contributed by atoms with E-state index in [0.717, 1.165) is 43.6 Å². The van der Waals surface area contributed by atoms with Gasteiger partial charge in [-0.15, -0.1) is 0 Å². The van der Waals surface area contributed by atoms with Crippen molar-refractivity contribution in [1.29, 1.82) is 0 Å². The van der Waals surface area contributed by atoms with Crippen molar-refractivity contribution in [2.45, 2.75) is 34.9 Å². The second-order valence-electron chi connectivity index (χ2n) is 8.13. The van der Waals surface area contributed by atoms with Gasteiger partial charge in [-0.05, 0) is 36.8 Å². The number of halogens is 1. The summed E-state index contributed by atoms with van der Waals surface area (Å²) in [5, 5.41) is 1.26. The van der Waals surface area contributed by atoms with E-state index in [4.69, 9.17) is 4.18 Å². The first-order chi connectivity index (χ1) is 15.5. The first-order valence-corrected chi connectivity index (χ1v) is 13.7. The number of hydrogen-bond donors (Lipinski definition) is 0. The summed E-state index contributed by atoms with van der Waals surface area (Å²) in [4.78, 5) is 0. The fraction of sp³-hybridized carbons (Fsp3) is 0.200. The van der Waals surface area contributed by atoms with Gasteiger partial charge in [0.05, 0.1) is 10.3 Å². The van der Waals surface area contributed by atoms with E-state index in [1.807, 2.05) is 54.6 Å². The lowest BCUT2D eigenvalue weighted by Gasteiger charge is -2.41. The first kappa shape index (κ1) is 20.4. The number of hydrogen-bond acceptors (Lipinski definition) is 4. The van der Waals surface area contributed by atoms with Crippen LogP contribution in [0.5, 0.6) is 5.75 Å². The predicted octanol–water partition coefficient (Wildman–Crippen LogP) is 6.49. The van der Waals surface area contributed by atoms with E-state index < -0.39 is 15.4 Å². The SMILES string of the molecule is CCn1c2c(c3ccccc31)[C@@H]1c3cc(Br)ccc3OS(=O)(=O)[C@@H]1[C@@H](c1ccccc1)S2. The molecule has 0 fully saturated rings. The summed E-state index contributed by atoms with van der Waals surface area (Å²) in [6.45, 7) is 2.96. The summed E-state index contributed by atoms with van der Waals surface area (Å²) in [7, 11) is -3.86. The molecule has 3 atom stereocenters. The van der Waals surface area contributed by atoms with Crippen LogP contribution in [0.4, 0.5) is 0 Å². The zero-order valence-corrected chi connectivity index (χ0v) is 20.5. The van der Waals surface area contributed by atoms with Gasteiger partial charge in [0.25, 0.3) is 0 Å². The normalized spacial score (nSPS) is 23.1. The number of nitrogens with zero attached hydrogens (tertiary/aromatic N) is 1. The van der Waals surface area contributed by atoms with Gasteiger partial charge in [-0.1, -0.05) is 76.2 Å². The molecule has 0 saturated heterocycles. The second-order valence-corrected chi connectivity index (χ2v) is 11.9. The molecular formula is C25H20BrNO3S2. The number of fused-ring (bicyclic) bond motifs is 7. The average Bonchev–Trinajstić information content (AvgIpc) is 3.12. The maximum atomic E-state index is 13.6. The monoisotopic (exact) mass is 525 g/mol. The number of thioether (sulfide) groups is 1. The second kappa shape index (κ2) is 7.40. The minimum Gasteiger partial charge on any atom is -0.382 e. The Morgan fingerprint density at radius 1 is 1.03 bits per heavy atom. The Morgan fingerprint density at radius 2 is 1.78 bits per heavy atom. The van der Waals surface area contributed by atoms with Crippen LogP contribution in [0.1, 0.15) is 34.8 Å². The van der Waals surface area contributed by atoms with E-state index in [2.05, 4.69) is 39.6 Å². The highest BCUT2D eigenvalue weighted by molar-refractivity contribution is 9.10. The first-order valence-electron chi connectivity index (χ1n) is 10.5. The summed E-state index contributed by atoms with van der Waals surface area (Å²) < 4.78 is 36.1. The molecule has 0 amide bonds. The van der Waals surface area contributed by atoms with Gasteiger partial charge in [0.1, 0.15) is 11.0 Å².